The third-order valence-corrected chi connectivity index (χ3v) is 5.61. The molecule has 1 aromatic heterocycles. The van der Waals surface area contributed by atoms with Gasteiger partial charge in [0.2, 0.25) is 0 Å². The number of hydrogen-bond acceptors (Lipinski definition) is 1. The van der Waals surface area contributed by atoms with Gasteiger partial charge in [-0.2, -0.15) is 0 Å². The van der Waals surface area contributed by atoms with Crippen molar-refractivity contribution in [3.05, 3.63) is 35.0 Å². The molecule has 0 spiro atoms. The van der Waals surface area contributed by atoms with Crippen molar-refractivity contribution in [1.82, 2.24) is 4.57 Å². The first kappa shape index (κ1) is 16.1. The molecule has 124 valence electrons. The Morgan fingerprint density at radius 1 is 1.13 bits per heavy atom. The average molecular weight is 312 g/mol. The van der Waals surface area contributed by atoms with Crippen LogP contribution in [-0.2, 0) is 0 Å². The second-order valence-electron chi connectivity index (χ2n) is 7.59. The van der Waals surface area contributed by atoms with Crippen LogP contribution in [0.25, 0.3) is 10.9 Å². The SMILES string of the molecule is Cc1cc(C)c2cc(C(N)=O)n(C3CCC(C(C)C)CC3)c2c1. The quantitative estimate of drug-likeness (QED) is 0.874. The molecule has 1 aliphatic rings. The molecule has 23 heavy (non-hydrogen) atoms. The highest BCUT2D eigenvalue weighted by Gasteiger charge is 2.27. The summed E-state index contributed by atoms with van der Waals surface area (Å²) in [4.78, 5) is 12.0. The Kier molecular flexibility index (Phi) is 4.22. The van der Waals surface area contributed by atoms with Crippen LogP contribution >= 0.6 is 0 Å². The van der Waals surface area contributed by atoms with E-state index in [1.165, 1.54) is 29.5 Å². The predicted octanol–water partition coefficient (Wildman–Crippen LogP) is 4.74. The van der Waals surface area contributed by atoms with Crippen LogP contribution in [-0.4, -0.2) is 10.5 Å². The van der Waals surface area contributed by atoms with Crippen molar-refractivity contribution >= 4 is 16.8 Å². The van der Waals surface area contributed by atoms with Gasteiger partial charge < -0.3 is 10.3 Å². The Labute approximate surface area is 138 Å². The molecule has 0 aliphatic heterocycles. The van der Waals surface area contributed by atoms with Crippen LogP contribution in [0.2, 0.25) is 0 Å². The number of benzene rings is 1. The lowest BCUT2D eigenvalue weighted by molar-refractivity contribution is 0.0986. The van der Waals surface area contributed by atoms with Crippen molar-refractivity contribution in [3.8, 4) is 0 Å². The second-order valence-corrected chi connectivity index (χ2v) is 7.59. The molecule has 0 bridgehead atoms. The zero-order chi connectivity index (χ0) is 16.7. The third kappa shape index (κ3) is 2.89. The van der Waals surface area contributed by atoms with E-state index in [1.807, 2.05) is 6.07 Å². The summed E-state index contributed by atoms with van der Waals surface area (Å²) in [6, 6.07) is 6.75. The first-order valence-electron chi connectivity index (χ1n) is 8.80. The third-order valence-electron chi connectivity index (χ3n) is 5.61. The number of primary amides is 1. The van der Waals surface area contributed by atoms with Gasteiger partial charge in [0.1, 0.15) is 5.69 Å². The molecule has 2 N–H and O–H groups in total. The van der Waals surface area contributed by atoms with E-state index in [1.54, 1.807) is 0 Å². The molecule has 2 aromatic rings. The topological polar surface area (TPSA) is 48.0 Å². The van der Waals surface area contributed by atoms with Crippen LogP contribution in [0, 0.1) is 25.7 Å². The smallest absolute Gasteiger partial charge is 0.265 e. The first-order valence-corrected chi connectivity index (χ1v) is 8.80. The maximum Gasteiger partial charge on any atom is 0.265 e. The molecule has 1 amide bonds. The molecule has 0 radical (unpaired) electrons. The molecular formula is C20H28N2O. The van der Waals surface area contributed by atoms with Crippen molar-refractivity contribution in [3.63, 3.8) is 0 Å². The highest BCUT2D eigenvalue weighted by atomic mass is 16.1. The molecular weight excluding hydrogens is 284 g/mol. The minimum absolute atomic E-state index is 0.316. The molecule has 1 saturated carbocycles. The second kappa shape index (κ2) is 6.03. The summed E-state index contributed by atoms with van der Waals surface area (Å²) in [5.74, 6) is 1.25. The van der Waals surface area contributed by atoms with Gasteiger partial charge in [0.15, 0.2) is 0 Å². The monoisotopic (exact) mass is 312 g/mol. The molecule has 1 aliphatic carbocycles. The minimum Gasteiger partial charge on any atom is -0.364 e. The van der Waals surface area contributed by atoms with Crippen molar-refractivity contribution in [1.29, 1.82) is 0 Å². The van der Waals surface area contributed by atoms with Gasteiger partial charge in [-0.1, -0.05) is 19.9 Å². The van der Waals surface area contributed by atoms with Gasteiger partial charge in [-0.05, 0) is 74.6 Å². The zero-order valence-electron chi connectivity index (χ0n) is 14.7. The largest absolute Gasteiger partial charge is 0.364 e. The van der Waals surface area contributed by atoms with E-state index in [0.717, 1.165) is 30.1 Å². The van der Waals surface area contributed by atoms with Crippen LogP contribution in [0.5, 0.6) is 0 Å². The number of amides is 1. The van der Waals surface area contributed by atoms with Gasteiger partial charge in [-0.25, -0.2) is 0 Å². The number of aryl methyl sites for hydroxylation is 2. The van der Waals surface area contributed by atoms with Crippen LogP contribution < -0.4 is 5.73 Å². The van der Waals surface area contributed by atoms with Crippen molar-refractivity contribution in [2.24, 2.45) is 17.6 Å². The number of carbonyl (C=O) groups excluding carboxylic acids is 1. The highest BCUT2D eigenvalue weighted by molar-refractivity contribution is 5.99. The number of aromatic nitrogens is 1. The fourth-order valence-electron chi connectivity index (χ4n) is 4.29. The summed E-state index contributed by atoms with van der Waals surface area (Å²) in [5.41, 5.74) is 9.98. The van der Waals surface area contributed by atoms with Crippen molar-refractivity contribution in [2.45, 2.75) is 59.4 Å². The normalized spacial score (nSPS) is 22.0. The van der Waals surface area contributed by atoms with Crippen LogP contribution in [0.3, 0.4) is 0 Å². The van der Waals surface area contributed by atoms with Gasteiger partial charge in [-0.3, -0.25) is 4.79 Å². The molecule has 0 saturated heterocycles. The number of nitrogens with zero attached hydrogens (tertiary/aromatic N) is 1. The van der Waals surface area contributed by atoms with Gasteiger partial charge in [0, 0.05) is 16.9 Å². The zero-order valence-corrected chi connectivity index (χ0v) is 14.7. The predicted molar refractivity (Wildman–Crippen MR) is 95.8 cm³/mol. The number of carbonyl (C=O) groups is 1. The van der Waals surface area contributed by atoms with Gasteiger partial charge in [0.05, 0.1) is 0 Å². The Morgan fingerprint density at radius 3 is 2.35 bits per heavy atom. The molecule has 3 nitrogen and oxygen atoms in total. The summed E-state index contributed by atoms with van der Waals surface area (Å²) in [6.45, 7) is 8.86. The molecule has 1 heterocycles. The number of rotatable bonds is 3. The molecule has 0 atom stereocenters. The Bertz CT molecular complexity index is 734. The Hall–Kier alpha value is -1.77. The fraction of sp³-hybridized carbons (Fsp3) is 0.550. The maximum atomic E-state index is 12.0. The Balaban J connectivity index is 2.06. The van der Waals surface area contributed by atoms with Gasteiger partial charge in [0.25, 0.3) is 5.91 Å². The lowest BCUT2D eigenvalue weighted by atomic mass is 9.79. The minimum atomic E-state index is -0.316. The van der Waals surface area contributed by atoms with Crippen LogP contribution in [0.4, 0.5) is 0 Å². The number of hydrogen-bond donors (Lipinski definition) is 1. The average Bonchev–Trinajstić information content (AvgIpc) is 2.87. The van der Waals surface area contributed by atoms with E-state index in [0.29, 0.717) is 11.7 Å². The molecule has 3 heteroatoms. The van der Waals surface area contributed by atoms with E-state index >= 15 is 0 Å². The Morgan fingerprint density at radius 2 is 1.78 bits per heavy atom. The van der Waals surface area contributed by atoms with E-state index in [4.69, 9.17) is 5.73 Å². The van der Waals surface area contributed by atoms with Crippen molar-refractivity contribution in [2.75, 3.05) is 0 Å². The summed E-state index contributed by atoms with van der Waals surface area (Å²) < 4.78 is 2.23. The standard InChI is InChI=1S/C20H28N2O/c1-12(2)15-5-7-16(8-6-15)22-18-10-13(3)9-14(4)17(18)11-19(22)20(21)23/h9-12,15-16H,5-8H2,1-4H3,(H2,21,23). The highest BCUT2D eigenvalue weighted by Crippen LogP contribution is 2.39. The summed E-state index contributed by atoms with van der Waals surface area (Å²) in [5, 5.41) is 1.16. The first-order chi connectivity index (χ1) is 10.9. The lowest BCUT2D eigenvalue weighted by Gasteiger charge is -2.33. The van der Waals surface area contributed by atoms with Crippen LogP contribution in [0.15, 0.2) is 18.2 Å². The summed E-state index contributed by atoms with van der Waals surface area (Å²) in [7, 11) is 0. The molecule has 1 aromatic carbocycles. The summed E-state index contributed by atoms with van der Waals surface area (Å²) >= 11 is 0. The lowest BCUT2D eigenvalue weighted by Crippen LogP contribution is -2.25. The molecule has 0 unspecified atom stereocenters. The number of fused-ring (bicyclic) bond motifs is 1. The molecule has 3 rings (SSSR count). The van der Waals surface area contributed by atoms with E-state index in [-0.39, 0.29) is 5.91 Å². The van der Waals surface area contributed by atoms with Gasteiger partial charge in [-0.15, -0.1) is 0 Å². The maximum absolute atomic E-state index is 12.0. The summed E-state index contributed by atoms with van der Waals surface area (Å²) in [6.07, 6.45) is 4.76. The number of nitrogens with two attached hydrogens (primary N) is 1. The van der Waals surface area contributed by atoms with E-state index in [9.17, 15) is 4.79 Å². The van der Waals surface area contributed by atoms with E-state index in [2.05, 4.69) is 44.4 Å². The molecule has 1 fully saturated rings. The van der Waals surface area contributed by atoms with Gasteiger partial charge >= 0.3 is 0 Å². The van der Waals surface area contributed by atoms with Crippen molar-refractivity contribution < 1.29 is 4.79 Å². The fourth-order valence-corrected chi connectivity index (χ4v) is 4.29. The van der Waals surface area contributed by atoms with E-state index < -0.39 is 0 Å². The van der Waals surface area contributed by atoms with Crippen LogP contribution in [0.1, 0.15) is 67.2 Å².